The summed E-state index contributed by atoms with van der Waals surface area (Å²) in [7, 11) is 0. The van der Waals surface area contributed by atoms with Crippen molar-refractivity contribution < 1.29 is 14.1 Å². The minimum absolute atomic E-state index is 0.0435. The minimum atomic E-state index is -0.272. The molecule has 1 aromatic heterocycles. The Hall–Kier alpha value is -4.31. The van der Waals surface area contributed by atoms with Crippen molar-refractivity contribution in [2.75, 3.05) is 29.0 Å². The molecule has 3 heterocycles. The zero-order valence-electron chi connectivity index (χ0n) is 24.0. The zero-order valence-corrected chi connectivity index (χ0v) is 24.8. The molecule has 0 spiro atoms. The molecule has 4 N–H and O–H groups in total. The number of aromatic nitrogens is 1. The average molecular weight is 590 g/mol. The Balaban J connectivity index is 1.28. The summed E-state index contributed by atoms with van der Waals surface area (Å²) >= 11 is 6.51. The smallest absolute Gasteiger partial charge is 0.319 e. The van der Waals surface area contributed by atoms with E-state index in [1.807, 2.05) is 44.2 Å². The lowest BCUT2D eigenvalue weighted by Gasteiger charge is -2.32. The number of nitrogens with one attached hydrogen (secondary N) is 4. The summed E-state index contributed by atoms with van der Waals surface area (Å²) in [6.45, 7) is 6.67. The number of halogens is 1. The van der Waals surface area contributed by atoms with Crippen LogP contribution in [0.25, 0.3) is 0 Å². The van der Waals surface area contributed by atoms with Gasteiger partial charge in [-0.05, 0) is 87.9 Å². The predicted octanol–water partition coefficient (Wildman–Crippen LogP) is 5.92. The Morgan fingerprint density at radius 3 is 2.64 bits per heavy atom. The van der Waals surface area contributed by atoms with Gasteiger partial charge in [0.2, 0.25) is 0 Å². The highest BCUT2D eigenvalue weighted by Gasteiger charge is 2.26. The van der Waals surface area contributed by atoms with E-state index in [1.54, 1.807) is 24.0 Å². The lowest BCUT2D eigenvalue weighted by Crippen LogP contribution is -2.47. The van der Waals surface area contributed by atoms with Gasteiger partial charge in [0.25, 0.3) is 5.91 Å². The summed E-state index contributed by atoms with van der Waals surface area (Å²) in [5, 5.41) is 17.3. The number of aliphatic imine (C=N–C) groups is 1. The van der Waals surface area contributed by atoms with Crippen LogP contribution >= 0.6 is 11.6 Å². The number of piperidine rings is 1. The number of rotatable bonds is 4. The summed E-state index contributed by atoms with van der Waals surface area (Å²) in [5.74, 6) is 1.01. The molecule has 0 aliphatic carbocycles. The number of carbonyl (C=O) groups is 2. The molecule has 10 nitrogen and oxygen atoms in total. The molecule has 3 aromatic rings. The lowest BCUT2D eigenvalue weighted by atomic mass is 10.0. The Kier molecular flexibility index (Phi) is 9.12. The average Bonchev–Trinajstić information content (AvgIpc) is 3.42. The second-order valence-electron chi connectivity index (χ2n) is 10.6. The highest BCUT2D eigenvalue weighted by atomic mass is 35.5. The van der Waals surface area contributed by atoms with Gasteiger partial charge in [-0.3, -0.25) is 4.79 Å². The first-order chi connectivity index (χ1) is 20.3. The standard InChI is InChI=1S/C31H36ClN7O3/c1-4-26(32)29-34-20(3)33-24-7-5-6-21(17-24)8-9-22-18-25(35-29)10-11-27(22)37-31(41)36-23-12-14-39(15-13-23)30(40)28-16-19(2)42-38-28/h4-7,10-11,16-18,20,23,33H,8-9,12-15H2,1-3H3,(H,34,35)(H2,36,37,41)/b26-4+. The summed E-state index contributed by atoms with van der Waals surface area (Å²) in [6.07, 6.45) is 4.42. The van der Waals surface area contributed by atoms with Crippen molar-refractivity contribution in [3.63, 3.8) is 0 Å². The fraction of sp³-hybridized carbons (Fsp3) is 0.355. The normalized spacial score (nSPS) is 19.1. The van der Waals surface area contributed by atoms with Crippen molar-refractivity contribution in [1.82, 2.24) is 15.4 Å². The fourth-order valence-corrected chi connectivity index (χ4v) is 5.29. The van der Waals surface area contributed by atoms with Gasteiger partial charge in [0, 0.05) is 42.3 Å². The first-order valence-corrected chi connectivity index (χ1v) is 14.6. The molecule has 11 heteroatoms. The molecule has 0 saturated carbocycles. The van der Waals surface area contributed by atoms with Gasteiger partial charge in [-0.1, -0.05) is 35.0 Å². The van der Waals surface area contributed by atoms with Gasteiger partial charge in [-0.25, -0.2) is 9.79 Å². The van der Waals surface area contributed by atoms with E-state index in [1.165, 1.54) is 5.56 Å². The number of anilines is 3. The lowest BCUT2D eigenvalue weighted by molar-refractivity contribution is 0.0698. The Labute approximate surface area is 250 Å². The summed E-state index contributed by atoms with van der Waals surface area (Å²) in [5.41, 5.74) is 5.02. The Bertz CT molecular complexity index is 1510. The SMILES string of the molecule is C/C=C(Cl)\C1=N/C(C)Nc2cccc(c2)CCc2cc(ccc2NC(=O)NC2CCN(C(=O)c3cc(C)on3)CC2)N1. The minimum Gasteiger partial charge on any atom is -0.364 e. The van der Waals surface area contributed by atoms with E-state index in [0.29, 0.717) is 48.3 Å². The molecule has 3 amide bonds. The van der Waals surface area contributed by atoms with Gasteiger partial charge in [0.05, 0.1) is 5.03 Å². The molecular formula is C31H36ClN7O3. The Morgan fingerprint density at radius 1 is 1.10 bits per heavy atom. The van der Waals surface area contributed by atoms with Crippen molar-refractivity contribution >= 4 is 46.4 Å². The number of aryl methyl sites for hydroxylation is 3. The number of benzene rings is 2. The van der Waals surface area contributed by atoms with E-state index in [0.717, 1.165) is 35.5 Å². The van der Waals surface area contributed by atoms with Crippen molar-refractivity contribution in [1.29, 1.82) is 0 Å². The molecule has 42 heavy (non-hydrogen) atoms. The van der Waals surface area contributed by atoms with Gasteiger partial charge >= 0.3 is 6.03 Å². The van der Waals surface area contributed by atoms with E-state index >= 15 is 0 Å². The van der Waals surface area contributed by atoms with Gasteiger partial charge in [-0.2, -0.15) is 0 Å². The number of nitrogens with zero attached hydrogens (tertiary/aromatic N) is 3. The van der Waals surface area contributed by atoms with Gasteiger partial charge in [0.1, 0.15) is 17.8 Å². The maximum atomic E-state index is 13.1. The molecular weight excluding hydrogens is 554 g/mol. The largest absolute Gasteiger partial charge is 0.364 e. The van der Waals surface area contributed by atoms with Gasteiger partial charge in [0.15, 0.2) is 5.69 Å². The number of likely N-dealkylation sites (tertiary alicyclic amines) is 1. The van der Waals surface area contributed by atoms with Crippen molar-refractivity contribution in [3.8, 4) is 0 Å². The topological polar surface area (TPSA) is 124 Å². The first kappa shape index (κ1) is 29.2. The molecule has 2 aliphatic rings. The van der Waals surface area contributed by atoms with Crippen LogP contribution in [0.5, 0.6) is 0 Å². The van der Waals surface area contributed by atoms with Crippen LogP contribution in [0.2, 0.25) is 0 Å². The molecule has 0 radical (unpaired) electrons. The van der Waals surface area contributed by atoms with Crippen LogP contribution in [0.3, 0.4) is 0 Å². The first-order valence-electron chi connectivity index (χ1n) is 14.2. The monoisotopic (exact) mass is 589 g/mol. The quantitative estimate of drug-likeness (QED) is 0.299. The number of allylic oxidation sites excluding steroid dienone is 1. The number of urea groups is 1. The van der Waals surface area contributed by atoms with Gasteiger partial charge in [-0.15, -0.1) is 0 Å². The number of amides is 3. The van der Waals surface area contributed by atoms with Crippen LogP contribution in [-0.2, 0) is 12.8 Å². The second-order valence-corrected chi connectivity index (χ2v) is 11.0. The van der Waals surface area contributed by atoms with E-state index in [4.69, 9.17) is 21.1 Å². The molecule has 220 valence electrons. The summed E-state index contributed by atoms with van der Waals surface area (Å²) < 4.78 is 5.03. The van der Waals surface area contributed by atoms with E-state index < -0.39 is 0 Å². The number of hydrogen-bond acceptors (Lipinski definition) is 7. The van der Waals surface area contributed by atoms with Gasteiger partial charge < -0.3 is 30.7 Å². The molecule has 2 aliphatic heterocycles. The third kappa shape index (κ3) is 7.30. The van der Waals surface area contributed by atoms with Crippen LogP contribution in [0.1, 0.15) is 54.1 Å². The molecule has 2 aromatic carbocycles. The molecule has 1 saturated heterocycles. The maximum absolute atomic E-state index is 13.1. The van der Waals surface area contributed by atoms with E-state index in [2.05, 4.69) is 38.6 Å². The molecule has 1 fully saturated rings. The number of hydrogen-bond donors (Lipinski definition) is 4. The zero-order chi connectivity index (χ0) is 29.6. The third-order valence-electron chi connectivity index (χ3n) is 7.37. The maximum Gasteiger partial charge on any atom is 0.319 e. The molecule has 5 rings (SSSR count). The highest BCUT2D eigenvalue weighted by molar-refractivity contribution is 6.45. The second kappa shape index (κ2) is 13.1. The van der Waals surface area contributed by atoms with Crippen LogP contribution in [0.15, 0.2) is 69.2 Å². The molecule has 4 bridgehead atoms. The van der Waals surface area contributed by atoms with E-state index in [-0.39, 0.29) is 24.1 Å². The molecule has 1 atom stereocenters. The van der Waals surface area contributed by atoms with Crippen LogP contribution < -0.4 is 21.3 Å². The molecule has 1 unspecified atom stereocenters. The predicted molar refractivity (Wildman–Crippen MR) is 166 cm³/mol. The van der Waals surface area contributed by atoms with Crippen LogP contribution in [-0.4, -0.2) is 53.1 Å². The van der Waals surface area contributed by atoms with Crippen LogP contribution in [0.4, 0.5) is 21.9 Å². The number of carbonyl (C=O) groups excluding carboxylic acids is 2. The highest BCUT2D eigenvalue weighted by Crippen LogP contribution is 2.25. The number of amidine groups is 1. The third-order valence-corrected chi connectivity index (χ3v) is 7.77. The van der Waals surface area contributed by atoms with Crippen molar-refractivity contribution in [2.45, 2.75) is 58.7 Å². The number of fused-ring (bicyclic) bond motifs is 4. The van der Waals surface area contributed by atoms with Crippen LogP contribution in [0, 0.1) is 6.92 Å². The van der Waals surface area contributed by atoms with Crippen molar-refractivity contribution in [2.24, 2.45) is 4.99 Å². The summed E-state index contributed by atoms with van der Waals surface area (Å²) in [4.78, 5) is 32.3. The Morgan fingerprint density at radius 2 is 1.90 bits per heavy atom. The van der Waals surface area contributed by atoms with E-state index in [9.17, 15) is 9.59 Å². The fourth-order valence-electron chi connectivity index (χ4n) is 5.19. The summed E-state index contributed by atoms with van der Waals surface area (Å²) in [6, 6.07) is 15.4. The van der Waals surface area contributed by atoms with Crippen molar-refractivity contribution in [3.05, 3.63) is 82.2 Å².